The highest BCUT2D eigenvalue weighted by molar-refractivity contribution is 6.08. The molecule has 1 N–H and O–H groups in total. The molecule has 0 atom stereocenters. The minimum Gasteiger partial charge on any atom is -0.507 e. The van der Waals surface area contributed by atoms with Gasteiger partial charge in [0, 0.05) is 16.3 Å². The van der Waals surface area contributed by atoms with Crippen molar-refractivity contribution >= 4 is 45.6 Å². The number of furan rings is 1. The van der Waals surface area contributed by atoms with Crippen molar-refractivity contribution in [2.24, 2.45) is 10.2 Å². The number of para-hydroxylation sites is 5. The average Bonchev–Trinajstić information content (AvgIpc) is 3.69. The van der Waals surface area contributed by atoms with Gasteiger partial charge in [0.1, 0.15) is 11.5 Å². The Kier molecular flexibility index (Phi) is 7.86. The minimum absolute atomic E-state index is 0.229. The molecule has 0 bridgehead atoms. The van der Waals surface area contributed by atoms with Gasteiger partial charge in [0.15, 0.2) is 0 Å². The van der Waals surface area contributed by atoms with E-state index < -0.39 is 0 Å². The maximum atomic E-state index is 9.87. The summed E-state index contributed by atoms with van der Waals surface area (Å²) in [5.41, 5.74) is 4.80. The van der Waals surface area contributed by atoms with E-state index >= 15 is 0 Å². The van der Waals surface area contributed by atoms with Crippen molar-refractivity contribution in [2.45, 2.75) is 0 Å². The molecule has 0 aliphatic carbocycles. The van der Waals surface area contributed by atoms with Crippen molar-refractivity contribution in [3.05, 3.63) is 163 Å². The van der Waals surface area contributed by atoms with E-state index in [0.717, 1.165) is 28.2 Å². The highest BCUT2D eigenvalue weighted by atomic mass is 16.3. The number of nitrogens with zero attached hydrogens (tertiary/aromatic N) is 4. The quantitative estimate of drug-likeness (QED) is 0.167. The molecule has 0 saturated carbocycles. The molecule has 2 heterocycles. The molecule has 5 aromatic carbocycles. The van der Waals surface area contributed by atoms with Gasteiger partial charge in [0.2, 0.25) is 0 Å². The van der Waals surface area contributed by atoms with E-state index in [2.05, 4.69) is 34.5 Å². The standard InChI is InChI=1S/C19H14N2O.C17H14N2O/c22-19-12-6-1-7-14(19)13-20-21-17-10-4-2-8-15(17)16-9-3-5-11-18(16)21;1-3-8-15(9-4-1)19(16-10-5-2-6-11-16)18-14-17-12-7-13-20-17/h1-13,22H;1-14H/b20-13+;18-14+. The number of aromatic nitrogens is 1. The van der Waals surface area contributed by atoms with Crippen molar-refractivity contribution < 1.29 is 9.52 Å². The number of rotatable bonds is 6. The van der Waals surface area contributed by atoms with Gasteiger partial charge in [-0.2, -0.15) is 10.2 Å². The Labute approximate surface area is 243 Å². The van der Waals surface area contributed by atoms with Crippen molar-refractivity contribution in [3.8, 4) is 5.75 Å². The summed E-state index contributed by atoms with van der Waals surface area (Å²) in [4.78, 5) is 0. The van der Waals surface area contributed by atoms with E-state index in [-0.39, 0.29) is 5.75 Å². The molecule has 204 valence electrons. The fourth-order valence-corrected chi connectivity index (χ4v) is 4.64. The number of hydrogen-bond donors (Lipinski definition) is 1. The maximum absolute atomic E-state index is 9.87. The van der Waals surface area contributed by atoms with Gasteiger partial charge in [-0.3, -0.25) is 0 Å². The Morgan fingerprint density at radius 3 is 1.69 bits per heavy atom. The lowest BCUT2D eigenvalue weighted by atomic mass is 10.2. The summed E-state index contributed by atoms with van der Waals surface area (Å²) in [7, 11) is 0. The molecule has 7 aromatic rings. The van der Waals surface area contributed by atoms with Crippen LogP contribution in [0.2, 0.25) is 0 Å². The number of phenols is 1. The zero-order chi connectivity index (χ0) is 28.6. The molecular formula is C36H28N4O2. The number of phenolic OH excluding ortho intramolecular Hbond substituents is 1. The minimum atomic E-state index is 0.229. The smallest absolute Gasteiger partial charge is 0.146 e. The first kappa shape index (κ1) is 26.3. The van der Waals surface area contributed by atoms with Gasteiger partial charge in [-0.25, -0.2) is 9.69 Å². The third-order valence-corrected chi connectivity index (χ3v) is 6.65. The first-order chi connectivity index (χ1) is 20.8. The number of aromatic hydroxyl groups is 1. The van der Waals surface area contributed by atoms with Crippen LogP contribution in [0.15, 0.2) is 166 Å². The van der Waals surface area contributed by atoms with Gasteiger partial charge in [0.05, 0.1) is 41.1 Å². The molecule has 0 fully saturated rings. The highest BCUT2D eigenvalue weighted by Gasteiger charge is 2.09. The van der Waals surface area contributed by atoms with Gasteiger partial charge in [-0.1, -0.05) is 84.9 Å². The van der Waals surface area contributed by atoms with E-state index in [0.29, 0.717) is 5.56 Å². The van der Waals surface area contributed by atoms with Crippen LogP contribution in [0.4, 0.5) is 11.4 Å². The van der Waals surface area contributed by atoms with Crippen LogP contribution < -0.4 is 5.01 Å². The van der Waals surface area contributed by atoms with Gasteiger partial charge >= 0.3 is 0 Å². The van der Waals surface area contributed by atoms with Gasteiger partial charge in [-0.05, 0) is 60.7 Å². The summed E-state index contributed by atoms with van der Waals surface area (Å²) in [5.74, 6) is 0.953. The van der Waals surface area contributed by atoms with Crippen LogP contribution >= 0.6 is 0 Å². The number of anilines is 2. The molecule has 7 rings (SSSR count). The zero-order valence-corrected chi connectivity index (χ0v) is 22.7. The van der Waals surface area contributed by atoms with Crippen LogP contribution in [0, 0.1) is 0 Å². The summed E-state index contributed by atoms with van der Waals surface area (Å²) in [5, 5.41) is 23.2. The van der Waals surface area contributed by atoms with E-state index in [4.69, 9.17) is 4.42 Å². The zero-order valence-electron chi connectivity index (χ0n) is 22.7. The second-order valence-corrected chi connectivity index (χ2v) is 9.39. The summed E-state index contributed by atoms with van der Waals surface area (Å²) in [6, 6.07) is 47.3. The maximum Gasteiger partial charge on any atom is 0.146 e. The first-order valence-corrected chi connectivity index (χ1v) is 13.6. The fraction of sp³-hybridized carbons (Fsp3) is 0. The average molecular weight is 549 g/mol. The van der Waals surface area contributed by atoms with E-state index in [1.54, 1.807) is 30.8 Å². The monoisotopic (exact) mass is 548 g/mol. The molecule has 0 amide bonds. The lowest BCUT2D eigenvalue weighted by Crippen LogP contribution is -2.08. The van der Waals surface area contributed by atoms with E-state index in [9.17, 15) is 5.11 Å². The number of benzene rings is 5. The predicted molar refractivity (Wildman–Crippen MR) is 172 cm³/mol. The molecule has 2 aromatic heterocycles. The second-order valence-electron chi connectivity index (χ2n) is 9.39. The lowest BCUT2D eigenvalue weighted by Gasteiger charge is -2.18. The second kappa shape index (κ2) is 12.5. The van der Waals surface area contributed by atoms with E-state index in [1.165, 1.54) is 10.8 Å². The molecule has 0 spiro atoms. The van der Waals surface area contributed by atoms with Crippen LogP contribution in [-0.4, -0.2) is 22.2 Å². The third kappa shape index (κ3) is 5.83. The van der Waals surface area contributed by atoms with Crippen molar-refractivity contribution in [1.29, 1.82) is 0 Å². The van der Waals surface area contributed by atoms with Crippen molar-refractivity contribution in [3.63, 3.8) is 0 Å². The molecule has 0 aliphatic heterocycles. The van der Waals surface area contributed by atoms with Gasteiger partial charge in [0.25, 0.3) is 0 Å². The van der Waals surface area contributed by atoms with Crippen LogP contribution in [-0.2, 0) is 0 Å². The summed E-state index contributed by atoms with van der Waals surface area (Å²) < 4.78 is 7.19. The summed E-state index contributed by atoms with van der Waals surface area (Å²) in [6.45, 7) is 0. The normalized spacial score (nSPS) is 11.2. The van der Waals surface area contributed by atoms with Crippen LogP contribution in [0.5, 0.6) is 5.75 Å². The Morgan fingerprint density at radius 1 is 0.571 bits per heavy atom. The number of hydrazone groups is 1. The molecular weight excluding hydrogens is 520 g/mol. The highest BCUT2D eigenvalue weighted by Crippen LogP contribution is 2.29. The van der Waals surface area contributed by atoms with Crippen LogP contribution in [0.3, 0.4) is 0 Å². The van der Waals surface area contributed by atoms with Crippen LogP contribution in [0.25, 0.3) is 21.8 Å². The molecule has 6 nitrogen and oxygen atoms in total. The largest absolute Gasteiger partial charge is 0.507 e. The Morgan fingerprint density at radius 2 is 1.12 bits per heavy atom. The third-order valence-electron chi connectivity index (χ3n) is 6.65. The number of hydrogen-bond acceptors (Lipinski definition) is 5. The molecule has 42 heavy (non-hydrogen) atoms. The van der Waals surface area contributed by atoms with Crippen molar-refractivity contribution in [1.82, 2.24) is 4.68 Å². The van der Waals surface area contributed by atoms with Crippen molar-refractivity contribution in [2.75, 3.05) is 5.01 Å². The number of fused-ring (bicyclic) bond motifs is 3. The molecule has 0 aliphatic rings. The fourth-order valence-electron chi connectivity index (χ4n) is 4.64. The first-order valence-electron chi connectivity index (χ1n) is 13.6. The van der Waals surface area contributed by atoms with Gasteiger partial charge in [-0.15, -0.1) is 0 Å². The summed E-state index contributed by atoms with van der Waals surface area (Å²) >= 11 is 0. The Balaban J connectivity index is 0.000000151. The predicted octanol–water partition coefficient (Wildman–Crippen LogP) is 8.83. The topological polar surface area (TPSA) is 66.3 Å². The molecule has 0 radical (unpaired) electrons. The molecule has 0 saturated heterocycles. The van der Waals surface area contributed by atoms with E-state index in [1.807, 2.05) is 119 Å². The Hall–Kier alpha value is -5.88. The summed E-state index contributed by atoms with van der Waals surface area (Å²) in [6.07, 6.45) is 5.03. The molecule has 6 heteroatoms. The van der Waals surface area contributed by atoms with Crippen LogP contribution in [0.1, 0.15) is 11.3 Å². The SMILES string of the molecule is C(=N\N(c1ccccc1)c1ccccc1)/c1ccco1.Oc1ccccc1/C=N/n1c2ccccc2c2ccccc21. The lowest BCUT2D eigenvalue weighted by molar-refractivity contribution is 0.474. The van der Waals surface area contributed by atoms with Gasteiger partial charge < -0.3 is 9.52 Å². The Bertz CT molecular complexity index is 1850. The molecule has 0 unspecified atom stereocenters.